The van der Waals surface area contributed by atoms with Crippen LogP contribution in [0.3, 0.4) is 0 Å². The standard InChI is InChI=1S/C16H25F3N4O/c1-4-23-11(3)14(10(2)22-23)9-20-15(24)21-13-7-5-6-12(8-13)16(17,18)19/h12-13H,4-9H2,1-3H3,(H2,20,21,24)/t12-,13+/m1/s1. The Bertz CT molecular complexity index is 583. The number of hydrogen-bond acceptors (Lipinski definition) is 2. The van der Waals surface area contributed by atoms with Gasteiger partial charge in [0, 0.05) is 30.4 Å². The van der Waals surface area contributed by atoms with Crippen LogP contribution in [0.2, 0.25) is 0 Å². The molecular weight excluding hydrogens is 321 g/mol. The molecule has 24 heavy (non-hydrogen) atoms. The molecule has 1 saturated carbocycles. The second-order valence-corrected chi connectivity index (χ2v) is 6.39. The zero-order valence-electron chi connectivity index (χ0n) is 14.3. The van der Waals surface area contributed by atoms with E-state index in [-0.39, 0.29) is 12.8 Å². The number of halogens is 3. The van der Waals surface area contributed by atoms with E-state index in [0.717, 1.165) is 23.5 Å². The summed E-state index contributed by atoms with van der Waals surface area (Å²) in [6, 6.07) is -0.850. The predicted octanol–water partition coefficient (Wildman–Crippen LogP) is 3.44. The van der Waals surface area contributed by atoms with E-state index in [0.29, 0.717) is 19.4 Å². The molecular formula is C16H25F3N4O. The summed E-state index contributed by atoms with van der Waals surface area (Å²) in [5.74, 6) is -1.32. The zero-order valence-corrected chi connectivity index (χ0v) is 14.3. The number of hydrogen-bond donors (Lipinski definition) is 2. The SMILES string of the molecule is CCn1nc(C)c(CNC(=O)N[C@H]2CCC[C@@H](C(F)(F)F)C2)c1C. The lowest BCUT2D eigenvalue weighted by atomic mass is 9.85. The monoisotopic (exact) mass is 346 g/mol. The lowest BCUT2D eigenvalue weighted by molar-refractivity contribution is -0.183. The van der Waals surface area contributed by atoms with Gasteiger partial charge < -0.3 is 10.6 Å². The van der Waals surface area contributed by atoms with Gasteiger partial charge in [0.2, 0.25) is 0 Å². The minimum absolute atomic E-state index is 0.0389. The van der Waals surface area contributed by atoms with Gasteiger partial charge in [-0.2, -0.15) is 18.3 Å². The third-order valence-electron chi connectivity index (χ3n) is 4.73. The molecule has 1 aliphatic carbocycles. The molecule has 136 valence electrons. The average Bonchev–Trinajstić information content (AvgIpc) is 2.78. The summed E-state index contributed by atoms with van der Waals surface area (Å²) in [5.41, 5.74) is 2.79. The Hall–Kier alpha value is -1.73. The molecule has 1 fully saturated rings. The Labute approximate surface area is 140 Å². The molecule has 0 spiro atoms. The largest absolute Gasteiger partial charge is 0.391 e. The first-order valence-corrected chi connectivity index (χ1v) is 8.36. The van der Waals surface area contributed by atoms with E-state index >= 15 is 0 Å². The second kappa shape index (κ2) is 7.44. The number of aromatic nitrogens is 2. The molecule has 0 aliphatic heterocycles. The van der Waals surface area contributed by atoms with Crippen LogP contribution in [0.25, 0.3) is 0 Å². The smallest absolute Gasteiger partial charge is 0.335 e. The number of nitrogens with one attached hydrogen (secondary N) is 2. The second-order valence-electron chi connectivity index (χ2n) is 6.39. The molecule has 1 aromatic rings. The fourth-order valence-corrected chi connectivity index (χ4v) is 3.32. The van der Waals surface area contributed by atoms with Crippen LogP contribution in [0.4, 0.5) is 18.0 Å². The molecule has 0 bridgehead atoms. The predicted molar refractivity (Wildman–Crippen MR) is 84.5 cm³/mol. The maximum absolute atomic E-state index is 12.8. The molecule has 0 saturated heterocycles. The number of nitrogens with zero attached hydrogens (tertiary/aromatic N) is 2. The van der Waals surface area contributed by atoms with Crippen molar-refractivity contribution in [3.8, 4) is 0 Å². The van der Waals surface area contributed by atoms with Crippen LogP contribution >= 0.6 is 0 Å². The van der Waals surface area contributed by atoms with Crippen molar-refractivity contribution in [2.45, 2.75) is 71.8 Å². The summed E-state index contributed by atoms with van der Waals surface area (Å²) in [7, 11) is 0. The van der Waals surface area contributed by atoms with Crippen LogP contribution in [0.1, 0.15) is 49.6 Å². The number of rotatable bonds is 4. The van der Waals surface area contributed by atoms with Gasteiger partial charge in [0.15, 0.2) is 0 Å². The Morgan fingerprint density at radius 3 is 2.62 bits per heavy atom. The van der Waals surface area contributed by atoms with Crippen LogP contribution < -0.4 is 10.6 Å². The normalized spacial score (nSPS) is 21.6. The van der Waals surface area contributed by atoms with Crippen molar-refractivity contribution in [2.75, 3.05) is 0 Å². The summed E-state index contributed by atoms with van der Waals surface area (Å²) in [4.78, 5) is 12.0. The van der Waals surface area contributed by atoms with E-state index in [4.69, 9.17) is 0 Å². The minimum Gasteiger partial charge on any atom is -0.335 e. The van der Waals surface area contributed by atoms with Gasteiger partial charge in [-0.25, -0.2) is 4.79 Å². The van der Waals surface area contributed by atoms with Crippen molar-refractivity contribution < 1.29 is 18.0 Å². The molecule has 2 atom stereocenters. The van der Waals surface area contributed by atoms with Crippen molar-refractivity contribution in [3.05, 3.63) is 17.0 Å². The fraction of sp³-hybridized carbons (Fsp3) is 0.750. The van der Waals surface area contributed by atoms with Crippen molar-refractivity contribution in [3.63, 3.8) is 0 Å². The summed E-state index contributed by atoms with van der Waals surface area (Å²) in [6.07, 6.45) is -3.00. The first kappa shape index (κ1) is 18.6. The molecule has 2 rings (SSSR count). The molecule has 8 heteroatoms. The van der Waals surface area contributed by atoms with Crippen LogP contribution in [0, 0.1) is 19.8 Å². The Balaban J connectivity index is 1.86. The molecule has 1 heterocycles. The maximum atomic E-state index is 12.8. The van der Waals surface area contributed by atoms with Gasteiger partial charge in [0.25, 0.3) is 0 Å². The molecule has 1 aliphatic rings. The Morgan fingerprint density at radius 1 is 1.33 bits per heavy atom. The summed E-state index contributed by atoms with van der Waals surface area (Å²) < 4.78 is 40.3. The average molecular weight is 346 g/mol. The minimum atomic E-state index is -4.18. The highest BCUT2D eigenvalue weighted by molar-refractivity contribution is 5.74. The quantitative estimate of drug-likeness (QED) is 0.877. The zero-order chi connectivity index (χ0) is 17.9. The van der Waals surface area contributed by atoms with Gasteiger partial charge in [-0.15, -0.1) is 0 Å². The van der Waals surface area contributed by atoms with Gasteiger partial charge in [-0.1, -0.05) is 6.42 Å². The highest BCUT2D eigenvalue weighted by Crippen LogP contribution is 2.37. The molecule has 2 amide bonds. The number of amides is 2. The fourth-order valence-electron chi connectivity index (χ4n) is 3.32. The number of aryl methyl sites for hydroxylation is 2. The van der Waals surface area contributed by atoms with E-state index in [2.05, 4.69) is 15.7 Å². The Kier molecular flexibility index (Phi) is 5.77. The lowest BCUT2D eigenvalue weighted by Crippen LogP contribution is -2.45. The number of carbonyl (C=O) groups excluding carboxylic acids is 1. The van der Waals surface area contributed by atoms with Crippen LogP contribution in [-0.2, 0) is 13.1 Å². The van der Waals surface area contributed by atoms with Gasteiger partial charge in [-0.3, -0.25) is 4.68 Å². The van der Waals surface area contributed by atoms with Gasteiger partial charge in [0.05, 0.1) is 11.6 Å². The van der Waals surface area contributed by atoms with E-state index in [1.165, 1.54) is 0 Å². The van der Waals surface area contributed by atoms with Crippen LogP contribution in [0.15, 0.2) is 0 Å². The molecule has 2 N–H and O–H groups in total. The molecule has 5 nitrogen and oxygen atoms in total. The number of carbonyl (C=O) groups is 1. The first-order chi connectivity index (χ1) is 11.2. The van der Waals surface area contributed by atoms with Gasteiger partial charge >= 0.3 is 12.2 Å². The molecule has 0 radical (unpaired) electrons. The van der Waals surface area contributed by atoms with Crippen molar-refractivity contribution in [1.82, 2.24) is 20.4 Å². The third kappa shape index (κ3) is 4.42. The number of alkyl halides is 3. The maximum Gasteiger partial charge on any atom is 0.391 e. The summed E-state index contributed by atoms with van der Waals surface area (Å²) in [5, 5.41) is 9.79. The third-order valence-corrected chi connectivity index (χ3v) is 4.73. The van der Waals surface area contributed by atoms with E-state index in [9.17, 15) is 18.0 Å². The Morgan fingerprint density at radius 2 is 2.04 bits per heavy atom. The topological polar surface area (TPSA) is 59.0 Å². The van der Waals surface area contributed by atoms with Crippen molar-refractivity contribution in [1.29, 1.82) is 0 Å². The van der Waals surface area contributed by atoms with Crippen molar-refractivity contribution >= 4 is 6.03 Å². The van der Waals surface area contributed by atoms with E-state index in [1.807, 2.05) is 25.5 Å². The molecule has 0 unspecified atom stereocenters. The molecule has 0 aromatic carbocycles. The van der Waals surface area contributed by atoms with Gasteiger partial charge in [0.1, 0.15) is 0 Å². The highest BCUT2D eigenvalue weighted by atomic mass is 19.4. The lowest BCUT2D eigenvalue weighted by Gasteiger charge is -2.31. The van der Waals surface area contributed by atoms with Gasteiger partial charge in [-0.05, 0) is 40.0 Å². The van der Waals surface area contributed by atoms with Crippen LogP contribution in [-0.4, -0.2) is 28.0 Å². The first-order valence-electron chi connectivity index (χ1n) is 8.36. The highest BCUT2D eigenvalue weighted by Gasteiger charge is 2.42. The number of urea groups is 1. The molecule has 1 aromatic heterocycles. The summed E-state index contributed by atoms with van der Waals surface area (Å²) in [6.45, 7) is 6.87. The van der Waals surface area contributed by atoms with E-state index < -0.39 is 24.2 Å². The van der Waals surface area contributed by atoms with Crippen LogP contribution in [0.5, 0.6) is 0 Å². The van der Waals surface area contributed by atoms with Crippen molar-refractivity contribution in [2.24, 2.45) is 5.92 Å². The summed E-state index contributed by atoms with van der Waals surface area (Å²) >= 11 is 0. The van der Waals surface area contributed by atoms with E-state index in [1.54, 1.807) is 0 Å².